The number of aromatic nitrogens is 4. The molecule has 0 atom stereocenters. The van der Waals surface area contributed by atoms with Gasteiger partial charge < -0.3 is 5.32 Å². The molecule has 8 nitrogen and oxygen atoms in total. The van der Waals surface area contributed by atoms with Crippen LogP contribution < -0.4 is 5.32 Å². The third-order valence-electron chi connectivity index (χ3n) is 2.86. The van der Waals surface area contributed by atoms with E-state index in [2.05, 4.69) is 25.5 Å². The number of hydrogen-bond acceptors (Lipinski definition) is 6. The van der Waals surface area contributed by atoms with E-state index in [-0.39, 0.29) is 5.69 Å². The van der Waals surface area contributed by atoms with E-state index in [1.54, 1.807) is 18.2 Å². The number of pyridine rings is 1. The number of H-pyrrole nitrogens is 1. The number of non-ortho nitro benzene ring substituents is 1. The maximum Gasteiger partial charge on any atom is 0.295 e. The Morgan fingerprint density at radius 1 is 1.30 bits per heavy atom. The largest absolute Gasteiger partial charge is 0.377 e. The van der Waals surface area contributed by atoms with E-state index in [1.807, 2.05) is 0 Å². The van der Waals surface area contributed by atoms with E-state index < -0.39 is 4.92 Å². The zero-order valence-corrected chi connectivity index (χ0v) is 10.3. The summed E-state index contributed by atoms with van der Waals surface area (Å²) in [6.45, 7) is 0.446. The van der Waals surface area contributed by atoms with Gasteiger partial charge in [-0.15, -0.1) is 0 Å². The fourth-order valence-electron chi connectivity index (χ4n) is 1.96. The molecule has 0 bridgehead atoms. The van der Waals surface area contributed by atoms with Crippen molar-refractivity contribution in [2.24, 2.45) is 0 Å². The lowest BCUT2D eigenvalue weighted by Gasteiger charge is -2.07. The highest BCUT2D eigenvalue weighted by atomic mass is 16.6. The summed E-state index contributed by atoms with van der Waals surface area (Å²) in [6.07, 6.45) is 2.96. The highest BCUT2D eigenvalue weighted by molar-refractivity contribution is 5.96. The van der Waals surface area contributed by atoms with Crippen molar-refractivity contribution >= 4 is 22.3 Å². The summed E-state index contributed by atoms with van der Waals surface area (Å²) in [7, 11) is 0. The molecule has 3 rings (SSSR count). The molecule has 0 unspecified atom stereocenters. The second kappa shape index (κ2) is 4.92. The van der Waals surface area contributed by atoms with Gasteiger partial charge in [0.2, 0.25) is 0 Å². The van der Waals surface area contributed by atoms with Crippen LogP contribution in [0.5, 0.6) is 0 Å². The molecule has 2 aromatic heterocycles. The number of fused-ring (bicyclic) bond motifs is 1. The molecule has 0 spiro atoms. The Bertz CT molecular complexity index is 756. The maximum atomic E-state index is 11.0. The number of rotatable bonds is 4. The number of benzene rings is 1. The van der Waals surface area contributed by atoms with Gasteiger partial charge in [-0.25, -0.2) is 9.97 Å². The van der Waals surface area contributed by atoms with Gasteiger partial charge in [0.05, 0.1) is 11.5 Å². The van der Waals surface area contributed by atoms with Crippen molar-refractivity contribution in [3.8, 4) is 0 Å². The molecule has 2 N–H and O–H groups in total. The molecule has 0 radical (unpaired) electrons. The second-order valence-corrected chi connectivity index (χ2v) is 4.07. The molecule has 100 valence electrons. The van der Waals surface area contributed by atoms with Gasteiger partial charge in [0.25, 0.3) is 5.69 Å². The summed E-state index contributed by atoms with van der Waals surface area (Å²) in [4.78, 5) is 18.7. The molecule has 0 aliphatic heterocycles. The van der Waals surface area contributed by atoms with E-state index >= 15 is 0 Å². The predicted octanol–water partition coefficient (Wildman–Crippen LogP) is 1.87. The summed E-state index contributed by atoms with van der Waals surface area (Å²) >= 11 is 0. The third-order valence-corrected chi connectivity index (χ3v) is 2.86. The van der Waals surface area contributed by atoms with E-state index in [4.69, 9.17) is 0 Å². The van der Waals surface area contributed by atoms with Crippen LogP contribution in [0, 0.1) is 10.1 Å². The molecule has 1 aromatic carbocycles. The first-order valence-electron chi connectivity index (χ1n) is 5.86. The summed E-state index contributed by atoms with van der Waals surface area (Å²) in [5.41, 5.74) is 1.11. The Morgan fingerprint density at radius 3 is 2.95 bits per heavy atom. The lowest BCUT2D eigenvalue weighted by molar-refractivity contribution is -0.383. The fourth-order valence-corrected chi connectivity index (χ4v) is 1.96. The SMILES string of the molecule is O=[N+]([O-])c1cccc2c(NCc3ncn[nH]3)ccnc12. The van der Waals surface area contributed by atoms with Crippen LogP contribution in [0.1, 0.15) is 5.82 Å². The van der Waals surface area contributed by atoms with Crippen molar-refractivity contribution < 1.29 is 4.92 Å². The number of para-hydroxylation sites is 1. The maximum absolute atomic E-state index is 11.0. The smallest absolute Gasteiger partial charge is 0.295 e. The van der Waals surface area contributed by atoms with Gasteiger partial charge in [0.1, 0.15) is 17.7 Å². The molecule has 8 heteroatoms. The van der Waals surface area contributed by atoms with Crippen LogP contribution in [0.25, 0.3) is 10.9 Å². The van der Waals surface area contributed by atoms with Gasteiger partial charge in [0, 0.05) is 23.3 Å². The number of hydrogen-bond donors (Lipinski definition) is 2. The first-order valence-corrected chi connectivity index (χ1v) is 5.86. The summed E-state index contributed by atoms with van der Waals surface area (Å²) in [6, 6.07) is 6.64. The first kappa shape index (κ1) is 12.0. The molecular formula is C12H10N6O2. The van der Waals surface area contributed by atoms with Crippen molar-refractivity contribution in [1.82, 2.24) is 20.2 Å². The molecule has 0 aliphatic rings. The molecule has 0 fully saturated rings. The highest BCUT2D eigenvalue weighted by Gasteiger charge is 2.14. The minimum absolute atomic E-state index is 0.00850. The summed E-state index contributed by atoms with van der Waals surface area (Å²) in [5, 5.41) is 21.3. The van der Waals surface area contributed by atoms with E-state index in [1.165, 1.54) is 18.6 Å². The van der Waals surface area contributed by atoms with Crippen molar-refractivity contribution in [2.75, 3.05) is 5.32 Å². The van der Waals surface area contributed by atoms with Crippen molar-refractivity contribution in [3.63, 3.8) is 0 Å². The molecule has 0 aliphatic carbocycles. The standard InChI is InChI=1S/C12H10N6O2/c19-18(20)10-3-1-2-8-9(4-5-13-12(8)10)14-6-11-15-7-16-17-11/h1-5,7H,6H2,(H,13,14)(H,15,16,17). The van der Waals surface area contributed by atoms with Crippen LogP contribution in [-0.2, 0) is 6.54 Å². The summed E-state index contributed by atoms with van der Waals surface area (Å²) < 4.78 is 0. The minimum atomic E-state index is -0.435. The zero-order valence-electron chi connectivity index (χ0n) is 10.3. The van der Waals surface area contributed by atoms with Crippen LogP contribution in [0.15, 0.2) is 36.8 Å². The van der Waals surface area contributed by atoms with Crippen LogP contribution >= 0.6 is 0 Å². The zero-order chi connectivity index (χ0) is 13.9. The van der Waals surface area contributed by atoms with Gasteiger partial charge in [-0.3, -0.25) is 15.2 Å². The lowest BCUT2D eigenvalue weighted by atomic mass is 10.1. The van der Waals surface area contributed by atoms with E-state index in [0.717, 1.165) is 5.69 Å². The predicted molar refractivity (Wildman–Crippen MR) is 72.1 cm³/mol. The Hall–Kier alpha value is -3.03. The average Bonchev–Trinajstić information content (AvgIpc) is 2.97. The van der Waals surface area contributed by atoms with Crippen molar-refractivity contribution in [3.05, 3.63) is 52.7 Å². The fraction of sp³-hybridized carbons (Fsp3) is 0.0833. The van der Waals surface area contributed by atoms with Crippen molar-refractivity contribution in [1.29, 1.82) is 0 Å². The quantitative estimate of drug-likeness (QED) is 0.553. The van der Waals surface area contributed by atoms with Crippen molar-refractivity contribution in [2.45, 2.75) is 6.54 Å². The van der Waals surface area contributed by atoms with Gasteiger partial charge in [0.15, 0.2) is 0 Å². The Morgan fingerprint density at radius 2 is 2.20 bits per heavy atom. The monoisotopic (exact) mass is 270 g/mol. The van der Waals surface area contributed by atoms with E-state index in [9.17, 15) is 10.1 Å². The Kier molecular flexibility index (Phi) is 2.96. The molecule has 0 saturated carbocycles. The van der Waals surface area contributed by atoms with Gasteiger partial charge in [-0.1, -0.05) is 12.1 Å². The molecular weight excluding hydrogens is 260 g/mol. The number of aromatic amines is 1. The number of nitrogens with one attached hydrogen (secondary N) is 2. The molecule has 0 amide bonds. The Balaban J connectivity index is 1.99. The average molecular weight is 270 g/mol. The van der Waals surface area contributed by atoms with Gasteiger partial charge >= 0.3 is 0 Å². The summed E-state index contributed by atoms with van der Waals surface area (Å²) in [5.74, 6) is 0.681. The topological polar surface area (TPSA) is 110 Å². The number of nitro groups is 1. The highest BCUT2D eigenvalue weighted by Crippen LogP contribution is 2.28. The molecule has 2 heterocycles. The van der Waals surface area contributed by atoms with Gasteiger partial charge in [-0.2, -0.15) is 5.10 Å². The molecule has 0 saturated heterocycles. The first-order chi connectivity index (χ1) is 9.75. The third kappa shape index (κ3) is 2.14. The minimum Gasteiger partial charge on any atom is -0.377 e. The van der Waals surface area contributed by atoms with Crippen LogP contribution in [-0.4, -0.2) is 25.1 Å². The van der Waals surface area contributed by atoms with E-state index in [0.29, 0.717) is 23.3 Å². The second-order valence-electron chi connectivity index (χ2n) is 4.07. The van der Waals surface area contributed by atoms with Crippen LogP contribution in [0.3, 0.4) is 0 Å². The lowest BCUT2D eigenvalue weighted by Crippen LogP contribution is -2.02. The number of nitrogens with zero attached hydrogens (tertiary/aromatic N) is 4. The molecule has 3 aromatic rings. The Labute approximate surface area is 113 Å². The normalized spacial score (nSPS) is 10.6. The molecule has 20 heavy (non-hydrogen) atoms. The number of nitro benzene ring substituents is 1. The van der Waals surface area contributed by atoms with Crippen LogP contribution in [0.2, 0.25) is 0 Å². The van der Waals surface area contributed by atoms with Gasteiger partial charge in [-0.05, 0) is 6.07 Å². The number of anilines is 1. The van der Waals surface area contributed by atoms with Crippen LogP contribution in [0.4, 0.5) is 11.4 Å².